The molecule has 23 heteroatoms. The second kappa shape index (κ2) is 18.5. The summed E-state index contributed by atoms with van der Waals surface area (Å²) in [4.78, 5) is 0. The first-order chi connectivity index (χ1) is 25.6. The average Bonchev–Trinajstić information content (AvgIpc) is 3.16. The van der Waals surface area contributed by atoms with Gasteiger partial charge in [0, 0.05) is 11.6 Å². The van der Waals surface area contributed by atoms with E-state index in [1.807, 2.05) is 0 Å². The van der Waals surface area contributed by atoms with E-state index in [1.54, 1.807) is 0 Å². The Morgan fingerprint density at radius 2 is 1.02 bits per heavy atom. The molecule has 23 atom stereocenters. The summed E-state index contributed by atoms with van der Waals surface area (Å²) >= 11 is 0. The van der Waals surface area contributed by atoms with E-state index in [0.717, 1.165) is 0 Å². The van der Waals surface area contributed by atoms with Crippen LogP contribution in [-0.2, 0) is 33.2 Å². The highest BCUT2D eigenvalue weighted by atomic mass is 16.8. The van der Waals surface area contributed by atoms with E-state index in [4.69, 9.17) is 33.2 Å². The highest BCUT2D eigenvalue weighted by molar-refractivity contribution is 5.19. The fraction of sp³-hybridized carbons (Fsp3) is 0.935. The third-order valence-corrected chi connectivity index (χ3v) is 10.5. The van der Waals surface area contributed by atoms with Gasteiger partial charge in [-0.05, 0) is 6.92 Å². The van der Waals surface area contributed by atoms with E-state index in [-0.39, 0.29) is 12.3 Å². The minimum absolute atomic E-state index is 0.0659. The Labute approximate surface area is 307 Å². The maximum absolute atomic E-state index is 11.1. The first-order valence-corrected chi connectivity index (χ1v) is 17.5. The zero-order valence-electron chi connectivity index (χ0n) is 29.0. The quantitative estimate of drug-likeness (QED) is 0.0872. The van der Waals surface area contributed by atoms with Crippen LogP contribution < -0.4 is 5.32 Å². The molecule has 314 valence electrons. The predicted molar refractivity (Wildman–Crippen MR) is 169 cm³/mol. The third-order valence-electron chi connectivity index (χ3n) is 10.5. The molecule has 0 spiro atoms. The molecule has 5 aliphatic rings. The maximum Gasteiger partial charge on any atom is 0.187 e. The summed E-state index contributed by atoms with van der Waals surface area (Å²) in [6.07, 6.45) is -33.3. The van der Waals surface area contributed by atoms with Gasteiger partial charge in [-0.2, -0.15) is 0 Å². The molecule has 5 rings (SSSR count). The smallest absolute Gasteiger partial charge is 0.187 e. The summed E-state index contributed by atoms with van der Waals surface area (Å²) in [5.41, 5.74) is -0.0659. The van der Waals surface area contributed by atoms with E-state index < -0.39 is 167 Å². The second-order valence-electron chi connectivity index (χ2n) is 14.1. The fourth-order valence-electron chi connectivity index (χ4n) is 7.19. The standard InChI is InChI=1S/C31H53NO22/c1-8-15(32-10-2-9(3-33)16(38)20(42)17(10)39)19(41)23(45)29(49-8)53-27-13(5-35)51-31(25(47)21(27)43)54-28-14(6-36)50-30(24(46)22(28)44)52-26-12(4-34)48-7-11(37)18(26)40/h2,8-9,11-47H,3-7H2,1H3. The average molecular weight is 792 g/mol. The summed E-state index contributed by atoms with van der Waals surface area (Å²) in [5.74, 6) is -0.959. The first-order valence-electron chi connectivity index (χ1n) is 17.5. The van der Waals surface area contributed by atoms with Crippen molar-refractivity contribution < 1.29 is 110 Å². The monoisotopic (exact) mass is 791 g/mol. The molecule has 4 fully saturated rings. The van der Waals surface area contributed by atoms with Crippen molar-refractivity contribution in [3.05, 3.63) is 11.8 Å². The Bertz CT molecular complexity index is 1220. The van der Waals surface area contributed by atoms with Gasteiger partial charge in [0.25, 0.3) is 0 Å². The molecule has 0 aromatic carbocycles. The number of aliphatic hydroxyl groups is 15. The molecule has 0 aromatic rings. The molecule has 0 amide bonds. The molecule has 0 bridgehead atoms. The lowest BCUT2D eigenvalue weighted by Crippen LogP contribution is -2.67. The maximum atomic E-state index is 11.1. The molecule has 54 heavy (non-hydrogen) atoms. The van der Waals surface area contributed by atoms with Crippen molar-refractivity contribution in [1.82, 2.24) is 5.32 Å². The van der Waals surface area contributed by atoms with E-state index in [2.05, 4.69) is 5.32 Å². The van der Waals surface area contributed by atoms with Gasteiger partial charge in [0.1, 0.15) is 97.7 Å². The Morgan fingerprint density at radius 3 is 1.50 bits per heavy atom. The first kappa shape index (κ1) is 43.8. The van der Waals surface area contributed by atoms with Crippen LogP contribution in [0.25, 0.3) is 0 Å². The number of nitrogens with one attached hydrogen (secondary N) is 1. The van der Waals surface area contributed by atoms with Gasteiger partial charge in [-0.3, -0.25) is 0 Å². The van der Waals surface area contributed by atoms with Crippen molar-refractivity contribution in [2.75, 3.05) is 33.0 Å². The van der Waals surface area contributed by atoms with Gasteiger partial charge in [-0.25, -0.2) is 0 Å². The van der Waals surface area contributed by atoms with Crippen LogP contribution in [0.15, 0.2) is 11.8 Å². The van der Waals surface area contributed by atoms with Gasteiger partial charge < -0.3 is 115 Å². The van der Waals surface area contributed by atoms with Crippen LogP contribution in [0.2, 0.25) is 0 Å². The molecule has 4 heterocycles. The lowest BCUT2D eigenvalue weighted by atomic mass is 9.86. The number of rotatable bonds is 12. The van der Waals surface area contributed by atoms with Crippen LogP contribution in [0.1, 0.15) is 6.92 Å². The van der Waals surface area contributed by atoms with E-state index in [0.29, 0.717) is 0 Å². The third kappa shape index (κ3) is 8.73. The minimum Gasteiger partial charge on any atom is -0.396 e. The lowest BCUT2D eigenvalue weighted by Gasteiger charge is -2.49. The van der Waals surface area contributed by atoms with E-state index in [1.165, 1.54) is 13.0 Å². The Hall–Kier alpha value is -1.34. The number of hydrogen-bond donors (Lipinski definition) is 16. The topological polar surface area (TPSA) is 380 Å². The van der Waals surface area contributed by atoms with Crippen LogP contribution in [-0.4, -0.2) is 244 Å². The zero-order valence-corrected chi connectivity index (χ0v) is 29.0. The van der Waals surface area contributed by atoms with Gasteiger partial charge in [-0.1, -0.05) is 6.08 Å². The summed E-state index contributed by atoms with van der Waals surface area (Å²) in [5, 5.41) is 159. The molecule has 23 unspecified atom stereocenters. The highest BCUT2D eigenvalue weighted by Crippen LogP contribution is 2.34. The van der Waals surface area contributed by atoms with Crippen LogP contribution in [0.4, 0.5) is 0 Å². The molecule has 1 aliphatic carbocycles. The summed E-state index contributed by atoms with van der Waals surface area (Å²) < 4.78 is 39.1. The summed E-state index contributed by atoms with van der Waals surface area (Å²) in [6.45, 7) is -1.86. The van der Waals surface area contributed by atoms with Crippen LogP contribution in [0, 0.1) is 5.92 Å². The van der Waals surface area contributed by atoms with Gasteiger partial charge in [-0.15, -0.1) is 0 Å². The normalized spacial score (nSPS) is 51.8. The van der Waals surface area contributed by atoms with E-state index >= 15 is 0 Å². The van der Waals surface area contributed by atoms with Crippen molar-refractivity contribution >= 4 is 0 Å². The minimum atomic E-state index is -2.02. The van der Waals surface area contributed by atoms with Crippen molar-refractivity contribution in [2.24, 2.45) is 5.92 Å². The Morgan fingerprint density at radius 1 is 0.556 bits per heavy atom. The Kier molecular flexibility index (Phi) is 15.0. The molecule has 0 aromatic heterocycles. The predicted octanol–water partition coefficient (Wildman–Crippen LogP) is -9.85. The molecule has 16 N–H and O–H groups in total. The molecule has 4 aliphatic heterocycles. The molecule has 23 nitrogen and oxygen atoms in total. The molecular formula is C31H53NO22. The van der Waals surface area contributed by atoms with Crippen molar-refractivity contribution in [2.45, 2.75) is 142 Å². The molecular weight excluding hydrogens is 738 g/mol. The van der Waals surface area contributed by atoms with Gasteiger partial charge in [0.05, 0.1) is 51.3 Å². The fourth-order valence-corrected chi connectivity index (χ4v) is 7.19. The largest absolute Gasteiger partial charge is 0.396 e. The van der Waals surface area contributed by atoms with Gasteiger partial charge in [0.15, 0.2) is 18.9 Å². The van der Waals surface area contributed by atoms with Crippen molar-refractivity contribution in [3.8, 4) is 0 Å². The summed E-state index contributed by atoms with van der Waals surface area (Å²) in [7, 11) is 0. The molecule has 0 radical (unpaired) electrons. The molecule has 4 saturated heterocycles. The zero-order chi connectivity index (χ0) is 39.8. The molecule has 0 saturated carbocycles. The number of hydrogen-bond acceptors (Lipinski definition) is 23. The van der Waals surface area contributed by atoms with Crippen LogP contribution in [0.5, 0.6) is 0 Å². The SMILES string of the molecule is CC1OC(OC2C(CO)OC(OC3C(CO)OC(OC4C(CO)OCC(O)C4O)C(O)C3O)C(O)C2O)C(O)C(O)C1NC1=CC(CO)C(O)C(O)C1O. The number of ether oxygens (including phenoxy) is 7. The van der Waals surface area contributed by atoms with Crippen molar-refractivity contribution in [3.63, 3.8) is 0 Å². The van der Waals surface area contributed by atoms with Gasteiger partial charge in [0.2, 0.25) is 0 Å². The van der Waals surface area contributed by atoms with Gasteiger partial charge >= 0.3 is 0 Å². The van der Waals surface area contributed by atoms with Crippen LogP contribution >= 0.6 is 0 Å². The second-order valence-corrected chi connectivity index (χ2v) is 14.1. The highest BCUT2D eigenvalue weighted by Gasteiger charge is 2.54. The lowest BCUT2D eigenvalue weighted by molar-refractivity contribution is -0.382. The van der Waals surface area contributed by atoms with Crippen LogP contribution in [0.3, 0.4) is 0 Å². The number of aliphatic hydroxyl groups excluding tert-OH is 15. The van der Waals surface area contributed by atoms with E-state index in [9.17, 15) is 76.6 Å². The summed E-state index contributed by atoms with van der Waals surface area (Å²) in [6, 6.07) is -1.15. The Balaban J connectivity index is 1.22. The van der Waals surface area contributed by atoms with Crippen molar-refractivity contribution in [1.29, 1.82) is 0 Å².